The zero-order valence-electron chi connectivity index (χ0n) is 21.3. The normalized spacial score (nSPS) is 17.6. The second-order valence-corrected chi connectivity index (χ2v) is 10.2. The Labute approximate surface area is 209 Å². The van der Waals surface area contributed by atoms with Gasteiger partial charge in [-0.1, -0.05) is 26.8 Å². The zero-order valence-corrected chi connectivity index (χ0v) is 20.3. The number of aromatic nitrogens is 2. The fourth-order valence-corrected chi connectivity index (χ4v) is 3.93. The monoisotopic (exact) mass is 491 g/mol. The highest BCUT2D eigenvalue weighted by molar-refractivity contribution is 5.96. The number of rotatable bonds is 7. The van der Waals surface area contributed by atoms with Gasteiger partial charge in [0.1, 0.15) is 11.6 Å². The molecule has 36 heavy (non-hydrogen) atoms. The quantitative estimate of drug-likeness (QED) is 0.352. The van der Waals surface area contributed by atoms with Crippen LogP contribution in [0.15, 0.2) is 48.6 Å². The van der Waals surface area contributed by atoms with Crippen LogP contribution in [-0.2, 0) is 0 Å². The molecule has 0 amide bonds. The van der Waals surface area contributed by atoms with Crippen molar-refractivity contribution in [3.63, 3.8) is 0 Å². The van der Waals surface area contributed by atoms with Crippen LogP contribution >= 0.6 is 0 Å². The largest absolute Gasteiger partial charge is 0.383 e. The molecule has 0 saturated heterocycles. The van der Waals surface area contributed by atoms with Crippen LogP contribution in [0.5, 0.6) is 0 Å². The molecule has 0 radical (unpaired) electrons. The van der Waals surface area contributed by atoms with Gasteiger partial charge in [0.25, 0.3) is 0 Å². The fourth-order valence-electron chi connectivity index (χ4n) is 3.93. The standard InChI is InChI=1S/C26H28F2N8/c1-26(2,3)14-32-23-16(10-29)12-31-25-19(23)8-17(9-20(25)27)33-24(15-4-7-22(28)30-11-15)21-13-36(35-34-21)18-5-6-18/h4,7-9,11-13,18,24,33-35H,5-6,14H2,1-3H3,(H,31,32)/t24-/m1/s1/i24D. The number of hydrogen-bond donors (Lipinski definition) is 4. The Morgan fingerprint density at radius 2 is 2.06 bits per heavy atom. The SMILES string of the molecule is [2H][C@](Nc1cc(F)c2ncc(C#N)c(NCC(C)(C)C)c2c1)(C1=CN(C2CC2)NN1)c1ccc(F)nc1. The summed E-state index contributed by atoms with van der Waals surface area (Å²) >= 11 is 0. The number of hydrazine groups is 2. The molecule has 1 aliphatic carbocycles. The van der Waals surface area contributed by atoms with E-state index in [1.54, 1.807) is 12.3 Å². The number of hydrogen-bond acceptors (Lipinski definition) is 8. The van der Waals surface area contributed by atoms with E-state index in [2.05, 4.69) is 58.4 Å². The van der Waals surface area contributed by atoms with E-state index in [9.17, 15) is 11.0 Å². The van der Waals surface area contributed by atoms with E-state index in [1.165, 1.54) is 30.6 Å². The molecule has 2 aliphatic rings. The molecule has 186 valence electrons. The predicted octanol–water partition coefficient (Wildman–Crippen LogP) is 4.72. The van der Waals surface area contributed by atoms with E-state index in [4.69, 9.17) is 0 Å². The third-order valence-electron chi connectivity index (χ3n) is 5.92. The van der Waals surface area contributed by atoms with Gasteiger partial charge in [-0.2, -0.15) is 9.65 Å². The Kier molecular flexibility index (Phi) is 5.77. The van der Waals surface area contributed by atoms with Crippen LogP contribution in [0.1, 0.15) is 52.1 Å². The molecular weight excluding hydrogens is 462 g/mol. The highest BCUT2D eigenvalue weighted by Gasteiger charge is 2.32. The van der Waals surface area contributed by atoms with Crippen LogP contribution in [0.4, 0.5) is 20.2 Å². The number of anilines is 2. The summed E-state index contributed by atoms with van der Waals surface area (Å²) < 4.78 is 38.4. The van der Waals surface area contributed by atoms with Crippen molar-refractivity contribution in [1.29, 1.82) is 5.26 Å². The summed E-state index contributed by atoms with van der Waals surface area (Å²) in [5.74, 6) is -1.27. The second kappa shape index (κ2) is 9.24. The number of nitrogens with one attached hydrogen (secondary N) is 4. The first-order valence-electron chi connectivity index (χ1n) is 12.3. The summed E-state index contributed by atoms with van der Waals surface area (Å²) in [7, 11) is 0. The molecule has 3 heterocycles. The van der Waals surface area contributed by atoms with Crippen LogP contribution in [0, 0.1) is 28.5 Å². The summed E-state index contributed by atoms with van der Waals surface area (Å²) in [5.41, 5.74) is 7.92. The summed E-state index contributed by atoms with van der Waals surface area (Å²) in [5, 5.41) is 18.4. The van der Waals surface area contributed by atoms with Crippen molar-refractivity contribution in [1.82, 2.24) is 25.9 Å². The molecule has 1 saturated carbocycles. The average molecular weight is 492 g/mol. The second-order valence-electron chi connectivity index (χ2n) is 10.2. The molecule has 0 spiro atoms. The maximum Gasteiger partial charge on any atom is 0.212 e. The number of benzene rings is 1. The Hall–Kier alpha value is -3.97. The Bertz CT molecular complexity index is 1410. The first kappa shape index (κ1) is 22.5. The Balaban J connectivity index is 1.60. The minimum absolute atomic E-state index is 0.0936. The molecule has 1 atom stereocenters. The van der Waals surface area contributed by atoms with Gasteiger partial charge < -0.3 is 16.1 Å². The van der Waals surface area contributed by atoms with Gasteiger partial charge in [-0.3, -0.25) is 9.99 Å². The average Bonchev–Trinajstić information content (AvgIpc) is 3.58. The molecule has 0 bridgehead atoms. The van der Waals surface area contributed by atoms with Gasteiger partial charge in [-0.25, -0.2) is 9.37 Å². The molecule has 3 aromatic rings. The van der Waals surface area contributed by atoms with Crippen LogP contribution in [0.25, 0.3) is 10.9 Å². The van der Waals surface area contributed by atoms with Gasteiger partial charge >= 0.3 is 0 Å². The van der Waals surface area contributed by atoms with Crippen LogP contribution < -0.4 is 21.6 Å². The number of pyridine rings is 2. The fraction of sp³-hybridized carbons (Fsp3) is 0.346. The van der Waals surface area contributed by atoms with E-state index in [0.29, 0.717) is 34.9 Å². The number of nitrogens with zero attached hydrogens (tertiary/aromatic N) is 4. The van der Waals surface area contributed by atoms with Crippen LogP contribution in [0.3, 0.4) is 0 Å². The lowest BCUT2D eigenvalue weighted by Crippen LogP contribution is -2.38. The predicted molar refractivity (Wildman–Crippen MR) is 134 cm³/mol. The van der Waals surface area contributed by atoms with E-state index in [1.807, 2.05) is 5.01 Å². The Morgan fingerprint density at radius 1 is 1.25 bits per heavy atom. The topological polar surface area (TPSA) is 101 Å². The van der Waals surface area contributed by atoms with E-state index in [0.717, 1.165) is 12.8 Å². The molecule has 1 aliphatic heterocycles. The first-order chi connectivity index (χ1) is 17.6. The van der Waals surface area contributed by atoms with Gasteiger partial charge in [0.2, 0.25) is 5.95 Å². The van der Waals surface area contributed by atoms with Gasteiger partial charge in [-0.15, -0.1) is 5.53 Å². The summed E-state index contributed by atoms with van der Waals surface area (Å²) in [6, 6.07) is 6.36. The molecule has 0 unspecified atom stereocenters. The number of fused-ring (bicyclic) bond motifs is 1. The van der Waals surface area contributed by atoms with E-state index < -0.39 is 17.8 Å². The van der Waals surface area contributed by atoms with Crippen LogP contribution in [0.2, 0.25) is 0 Å². The van der Waals surface area contributed by atoms with Crippen molar-refractivity contribution in [3.8, 4) is 6.07 Å². The maximum absolute atomic E-state index is 15.3. The minimum Gasteiger partial charge on any atom is -0.383 e. The highest BCUT2D eigenvalue weighted by Crippen LogP contribution is 2.35. The molecule has 5 rings (SSSR count). The molecule has 4 N–H and O–H groups in total. The summed E-state index contributed by atoms with van der Waals surface area (Å²) in [6.07, 6.45) is 6.48. The molecule has 8 nitrogen and oxygen atoms in total. The molecule has 1 aromatic carbocycles. The van der Waals surface area contributed by atoms with Crippen molar-refractivity contribution in [2.75, 3.05) is 17.2 Å². The van der Waals surface area contributed by atoms with Crippen molar-refractivity contribution in [3.05, 3.63) is 71.4 Å². The van der Waals surface area contributed by atoms with Gasteiger partial charge in [0.05, 0.1) is 24.3 Å². The lowest BCUT2D eigenvalue weighted by molar-refractivity contribution is 0.260. The first-order valence-corrected chi connectivity index (χ1v) is 11.8. The van der Waals surface area contributed by atoms with Crippen molar-refractivity contribution in [2.45, 2.75) is 45.7 Å². The maximum atomic E-state index is 15.3. The molecule has 10 heteroatoms. The molecular formula is C26H28F2N8. The van der Waals surface area contributed by atoms with Gasteiger partial charge in [0.15, 0.2) is 5.82 Å². The van der Waals surface area contributed by atoms with Crippen molar-refractivity contribution < 1.29 is 10.2 Å². The van der Waals surface area contributed by atoms with Gasteiger partial charge in [-0.05, 0) is 42.0 Å². The van der Waals surface area contributed by atoms with Crippen molar-refractivity contribution in [2.24, 2.45) is 5.41 Å². The third kappa shape index (κ3) is 5.02. The van der Waals surface area contributed by atoms with Crippen molar-refractivity contribution >= 4 is 22.3 Å². The molecule has 1 fully saturated rings. The molecule has 2 aromatic heterocycles. The van der Waals surface area contributed by atoms with E-state index >= 15 is 4.39 Å². The highest BCUT2D eigenvalue weighted by atomic mass is 19.1. The third-order valence-corrected chi connectivity index (χ3v) is 5.92. The zero-order chi connectivity index (χ0) is 26.4. The van der Waals surface area contributed by atoms with Crippen LogP contribution in [-0.4, -0.2) is 27.6 Å². The lowest BCUT2D eigenvalue weighted by Gasteiger charge is -2.23. The summed E-state index contributed by atoms with van der Waals surface area (Å²) in [4.78, 5) is 7.90. The minimum atomic E-state index is -1.67. The number of halogens is 2. The van der Waals surface area contributed by atoms with Gasteiger partial charge in [0, 0.05) is 42.3 Å². The number of nitriles is 1. The summed E-state index contributed by atoms with van der Waals surface area (Å²) in [6.45, 7) is 6.70. The Morgan fingerprint density at radius 3 is 2.72 bits per heavy atom. The smallest absolute Gasteiger partial charge is 0.212 e. The van der Waals surface area contributed by atoms with E-state index in [-0.39, 0.29) is 22.2 Å². The lowest BCUT2D eigenvalue weighted by atomic mass is 9.96.